The van der Waals surface area contributed by atoms with Crippen LogP contribution >= 0.6 is 0 Å². The van der Waals surface area contributed by atoms with Crippen LogP contribution in [0.2, 0.25) is 0 Å². The standard InChI is InChI=1S/C25H38N2O2/c1-4-6-8-10-12-20-28-25-19-18-24(26-27-25)22-14-16-23(17-15-22)29-21(3)13-11-9-7-5-2/h14-19,21H,4-13,20H2,1-3H3. The van der Waals surface area contributed by atoms with Gasteiger partial charge >= 0.3 is 0 Å². The summed E-state index contributed by atoms with van der Waals surface area (Å²) in [5.41, 5.74) is 1.88. The lowest BCUT2D eigenvalue weighted by Crippen LogP contribution is -2.11. The first-order chi connectivity index (χ1) is 14.2. The van der Waals surface area contributed by atoms with Crippen molar-refractivity contribution in [2.24, 2.45) is 0 Å². The van der Waals surface area contributed by atoms with Gasteiger partial charge in [-0.3, -0.25) is 0 Å². The van der Waals surface area contributed by atoms with Crippen molar-refractivity contribution in [3.8, 4) is 22.9 Å². The first-order valence-corrected chi connectivity index (χ1v) is 11.5. The minimum absolute atomic E-state index is 0.246. The second-order valence-electron chi connectivity index (χ2n) is 7.82. The normalized spacial score (nSPS) is 12.0. The lowest BCUT2D eigenvalue weighted by atomic mass is 10.1. The van der Waals surface area contributed by atoms with Gasteiger partial charge < -0.3 is 9.47 Å². The molecule has 0 saturated carbocycles. The Hall–Kier alpha value is -2.10. The summed E-state index contributed by atoms with van der Waals surface area (Å²) in [6.45, 7) is 7.32. The van der Waals surface area contributed by atoms with Gasteiger partial charge in [0, 0.05) is 11.6 Å². The molecule has 0 aliphatic rings. The number of hydrogen-bond acceptors (Lipinski definition) is 4. The first-order valence-electron chi connectivity index (χ1n) is 11.5. The molecule has 0 aliphatic carbocycles. The molecule has 4 heteroatoms. The summed E-state index contributed by atoms with van der Waals surface area (Å²) in [5, 5.41) is 8.52. The summed E-state index contributed by atoms with van der Waals surface area (Å²) in [6.07, 6.45) is 12.6. The van der Waals surface area contributed by atoms with Crippen LogP contribution in [0, 0.1) is 0 Å². The highest BCUT2D eigenvalue weighted by Crippen LogP contribution is 2.23. The van der Waals surface area contributed by atoms with Crippen LogP contribution in [-0.2, 0) is 0 Å². The molecule has 160 valence electrons. The van der Waals surface area contributed by atoms with Gasteiger partial charge in [0.1, 0.15) is 5.75 Å². The second-order valence-corrected chi connectivity index (χ2v) is 7.82. The smallest absolute Gasteiger partial charge is 0.233 e. The van der Waals surface area contributed by atoms with Gasteiger partial charge in [0.2, 0.25) is 5.88 Å². The zero-order chi connectivity index (χ0) is 20.7. The van der Waals surface area contributed by atoms with E-state index in [1.807, 2.05) is 36.4 Å². The average Bonchev–Trinajstić information content (AvgIpc) is 2.75. The highest BCUT2D eigenvalue weighted by Gasteiger charge is 2.06. The topological polar surface area (TPSA) is 44.2 Å². The molecular weight excluding hydrogens is 360 g/mol. The lowest BCUT2D eigenvalue weighted by molar-refractivity contribution is 0.206. The third-order valence-corrected chi connectivity index (χ3v) is 5.09. The minimum Gasteiger partial charge on any atom is -0.491 e. The summed E-state index contributed by atoms with van der Waals surface area (Å²) in [4.78, 5) is 0. The van der Waals surface area contributed by atoms with Crippen LogP contribution in [0.4, 0.5) is 0 Å². The molecule has 1 atom stereocenters. The molecule has 0 amide bonds. The van der Waals surface area contributed by atoms with E-state index < -0.39 is 0 Å². The summed E-state index contributed by atoms with van der Waals surface area (Å²) in [7, 11) is 0. The van der Waals surface area contributed by atoms with E-state index in [1.54, 1.807) is 0 Å². The van der Waals surface area contributed by atoms with Crippen LogP contribution < -0.4 is 9.47 Å². The van der Waals surface area contributed by atoms with E-state index in [-0.39, 0.29) is 6.10 Å². The van der Waals surface area contributed by atoms with Crippen molar-refractivity contribution in [3.05, 3.63) is 36.4 Å². The SMILES string of the molecule is CCCCCCCOc1ccc(-c2ccc(OC(C)CCCCCC)cc2)nn1. The first kappa shape index (κ1) is 23.2. The Labute approximate surface area is 177 Å². The van der Waals surface area contributed by atoms with Gasteiger partial charge in [-0.25, -0.2) is 0 Å². The molecule has 1 aromatic heterocycles. The fourth-order valence-corrected chi connectivity index (χ4v) is 3.29. The Balaban J connectivity index is 1.76. The molecule has 0 spiro atoms. The van der Waals surface area contributed by atoms with Gasteiger partial charge in [0.05, 0.1) is 18.4 Å². The maximum absolute atomic E-state index is 6.03. The number of nitrogens with zero attached hydrogens (tertiary/aromatic N) is 2. The molecule has 0 fully saturated rings. The van der Waals surface area contributed by atoms with E-state index in [9.17, 15) is 0 Å². The van der Waals surface area contributed by atoms with Gasteiger partial charge in [-0.15, -0.1) is 10.2 Å². The predicted octanol–water partition coefficient (Wildman–Crippen LogP) is 7.23. The van der Waals surface area contributed by atoms with Crippen LogP contribution in [0.3, 0.4) is 0 Å². The molecule has 0 radical (unpaired) electrons. The van der Waals surface area contributed by atoms with Gasteiger partial charge in [-0.1, -0.05) is 58.8 Å². The van der Waals surface area contributed by atoms with Crippen LogP contribution in [0.25, 0.3) is 11.3 Å². The van der Waals surface area contributed by atoms with Crippen molar-refractivity contribution < 1.29 is 9.47 Å². The van der Waals surface area contributed by atoms with Crippen molar-refractivity contribution in [2.45, 2.75) is 91.1 Å². The molecule has 0 saturated heterocycles. The molecule has 0 N–H and O–H groups in total. The molecular formula is C25H38N2O2. The van der Waals surface area contributed by atoms with Crippen LogP contribution in [0.5, 0.6) is 11.6 Å². The van der Waals surface area contributed by atoms with E-state index in [4.69, 9.17) is 9.47 Å². The highest BCUT2D eigenvalue weighted by molar-refractivity contribution is 5.59. The number of rotatable bonds is 15. The van der Waals surface area contributed by atoms with Gasteiger partial charge in [-0.2, -0.15) is 0 Å². The number of aromatic nitrogens is 2. The quantitative estimate of drug-likeness (QED) is 0.297. The highest BCUT2D eigenvalue weighted by atomic mass is 16.5. The Morgan fingerprint density at radius 1 is 0.759 bits per heavy atom. The molecule has 1 unspecified atom stereocenters. The van der Waals surface area contributed by atoms with Gasteiger partial charge in [0.15, 0.2) is 0 Å². The number of ether oxygens (including phenoxy) is 2. The molecule has 4 nitrogen and oxygen atoms in total. The molecule has 29 heavy (non-hydrogen) atoms. The average molecular weight is 399 g/mol. The Morgan fingerprint density at radius 2 is 1.45 bits per heavy atom. The van der Waals surface area contributed by atoms with Crippen molar-refractivity contribution in [3.63, 3.8) is 0 Å². The summed E-state index contributed by atoms with van der Waals surface area (Å²) < 4.78 is 11.7. The number of benzene rings is 1. The van der Waals surface area contributed by atoms with Crippen LogP contribution in [0.1, 0.15) is 85.0 Å². The Kier molecular flexibility index (Phi) is 11.2. The monoisotopic (exact) mass is 398 g/mol. The van der Waals surface area contributed by atoms with Gasteiger partial charge in [-0.05, 0) is 56.5 Å². The summed E-state index contributed by atoms with van der Waals surface area (Å²) >= 11 is 0. The number of hydrogen-bond donors (Lipinski definition) is 0. The fourth-order valence-electron chi connectivity index (χ4n) is 3.29. The van der Waals surface area contributed by atoms with E-state index in [2.05, 4.69) is 31.0 Å². The predicted molar refractivity (Wildman–Crippen MR) is 121 cm³/mol. The Bertz CT molecular complexity index is 656. The maximum atomic E-state index is 6.03. The zero-order valence-electron chi connectivity index (χ0n) is 18.5. The van der Waals surface area contributed by atoms with Gasteiger partial charge in [0.25, 0.3) is 0 Å². The summed E-state index contributed by atoms with van der Waals surface area (Å²) in [5.74, 6) is 1.51. The number of unbranched alkanes of at least 4 members (excludes halogenated alkanes) is 7. The van der Waals surface area contributed by atoms with Crippen molar-refractivity contribution >= 4 is 0 Å². The molecule has 2 aromatic rings. The third kappa shape index (κ3) is 9.29. The van der Waals surface area contributed by atoms with Crippen LogP contribution in [0.15, 0.2) is 36.4 Å². The zero-order valence-corrected chi connectivity index (χ0v) is 18.5. The molecule has 2 rings (SSSR count). The van der Waals surface area contributed by atoms with E-state index >= 15 is 0 Å². The third-order valence-electron chi connectivity index (χ3n) is 5.09. The molecule has 0 bridgehead atoms. The van der Waals surface area contributed by atoms with E-state index in [0.717, 1.165) is 29.8 Å². The minimum atomic E-state index is 0.246. The molecule has 1 aromatic carbocycles. The fraction of sp³-hybridized carbons (Fsp3) is 0.600. The summed E-state index contributed by atoms with van der Waals surface area (Å²) in [6, 6.07) is 12.0. The largest absolute Gasteiger partial charge is 0.491 e. The molecule has 0 aliphatic heterocycles. The lowest BCUT2D eigenvalue weighted by Gasteiger charge is -2.15. The molecule has 1 heterocycles. The van der Waals surface area contributed by atoms with Crippen molar-refractivity contribution in [1.29, 1.82) is 0 Å². The van der Waals surface area contributed by atoms with Crippen LogP contribution in [-0.4, -0.2) is 22.9 Å². The second kappa shape index (κ2) is 14.0. The van der Waals surface area contributed by atoms with Crippen molar-refractivity contribution in [1.82, 2.24) is 10.2 Å². The van der Waals surface area contributed by atoms with E-state index in [0.29, 0.717) is 12.5 Å². The van der Waals surface area contributed by atoms with E-state index in [1.165, 1.54) is 51.4 Å². The van der Waals surface area contributed by atoms with Crippen molar-refractivity contribution in [2.75, 3.05) is 6.61 Å². The maximum Gasteiger partial charge on any atom is 0.233 e. The Morgan fingerprint density at radius 3 is 2.10 bits per heavy atom.